The molecule has 1 rings (SSSR count). The smallest absolute Gasteiger partial charge is 0.225 e. The van der Waals surface area contributed by atoms with Gasteiger partial charge >= 0.3 is 0 Å². The largest absolute Gasteiger partial charge is 0.513 e. The van der Waals surface area contributed by atoms with Crippen LogP contribution in [0.5, 0.6) is 0 Å². The van der Waals surface area contributed by atoms with Gasteiger partial charge in [0, 0.05) is 24.9 Å². The van der Waals surface area contributed by atoms with Crippen molar-refractivity contribution < 1.29 is 9.90 Å². The maximum absolute atomic E-state index is 11.8. The summed E-state index contributed by atoms with van der Waals surface area (Å²) >= 11 is 0. The van der Waals surface area contributed by atoms with Crippen LogP contribution in [0, 0.1) is 17.3 Å². The Bertz CT molecular complexity index is 281. The molecule has 15 heavy (non-hydrogen) atoms. The normalized spacial score (nSPS) is 24.6. The van der Waals surface area contributed by atoms with E-state index in [2.05, 4.69) is 20.4 Å². The molecule has 1 amide bonds. The van der Waals surface area contributed by atoms with Gasteiger partial charge in [0.25, 0.3) is 0 Å². The highest BCUT2D eigenvalue weighted by Gasteiger charge is 2.43. The number of aliphatic hydroxyl groups excluding tert-OH is 1. The summed E-state index contributed by atoms with van der Waals surface area (Å²) in [4.78, 5) is 13.6. The topological polar surface area (TPSA) is 40.5 Å². The number of aliphatic hydroxyl groups is 1. The molecule has 0 saturated carbocycles. The standard InChI is InChI=1S/C12H21NO2/c1-8(2)11(15)13-6-10(9(3)14)12(4,5)7-13/h8,10,14H,3,6-7H2,1-2,4-5H3. The molecule has 1 aliphatic heterocycles. The van der Waals surface area contributed by atoms with E-state index in [0.717, 1.165) is 0 Å². The first kappa shape index (κ1) is 12.1. The monoisotopic (exact) mass is 211 g/mol. The molecular weight excluding hydrogens is 190 g/mol. The first-order chi connectivity index (χ1) is 6.75. The summed E-state index contributed by atoms with van der Waals surface area (Å²) in [5.74, 6) is 0.373. The van der Waals surface area contributed by atoms with Gasteiger partial charge in [-0.1, -0.05) is 34.3 Å². The minimum Gasteiger partial charge on any atom is -0.513 e. The van der Waals surface area contributed by atoms with E-state index in [-0.39, 0.29) is 28.9 Å². The summed E-state index contributed by atoms with van der Waals surface area (Å²) < 4.78 is 0. The predicted octanol–water partition coefficient (Wildman–Crippen LogP) is 2.20. The quantitative estimate of drug-likeness (QED) is 0.711. The lowest BCUT2D eigenvalue weighted by atomic mass is 9.81. The molecule has 1 N–H and O–H groups in total. The van der Waals surface area contributed by atoms with Gasteiger partial charge in [0.2, 0.25) is 5.91 Å². The molecule has 1 heterocycles. The van der Waals surface area contributed by atoms with Crippen LogP contribution in [0.25, 0.3) is 0 Å². The molecule has 86 valence electrons. The molecule has 1 atom stereocenters. The maximum atomic E-state index is 11.8. The molecule has 0 aliphatic carbocycles. The Morgan fingerprint density at radius 2 is 2.07 bits per heavy atom. The Balaban J connectivity index is 2.78. The third-order valence-electron chi connectivity index (χ3n) is 3.15. The van der Waals surface area contributed by atoms with Crippen LogP contribution in [0.3, 0.4) is 0 Å². The van der Waals surface area contributed by atoms with Crippen LogP contribution in [-0.2, 0) is 4.79 Å². The Morgan fingerprint density at radius 3 is 2.40 bits per heavy atom. The van der Waals surface area contributed by atoms with Gasteiger partial charge in [-0.3, -0.25) is 4.79 Å². The van der Waals surface area contributed by atoms with Crippen LogP contribution in [0.2, 0.25) is 0 Å². The minimum absolute atomic E-state index is 0.000185. The van der Waals surface area contributed by atoms with E-state index in [1.807, 2.05) is 18.7 Å². The Morgan fingerprint density at radius 1 is 1.53 bits per heavy atom. The van der Waals surface area contributed by atoms with Gasteiger partial charge in [0.05, 0.1) is 5.76 Å². The van der Waals surface area contributed by atoms with Gasteiger partial charge in [-0.25, -0.2) is 0 Å². The van der Waals surface area contributed by atoms with Gasteiger partial charge in [0.1, 0.15) is 0 Å². The average Bonchev–Trinajstić information content (AvgIpc) is 2.39. The number of amides is 1. The Hall–Kier alpha value is -0.990. The van der Waals surface area contributed by atoms with Gasteiger partial charge in [-0.2, -0.15) is 0 Å². The van der Waals surface area contributed by atoms with Gasteiger partial charge < -0.3 is 10.0 Å². The van der Waals surface area contributed by atoms with Crippen LogP contribution < -0.4 is 0 Å². The molecule has 0 radical (unpaired) electrons. The maximum Gasteiger partial charge on any atom is 0.225 e. The second-order valence-electron chi connectivity index (χ2n) is 5.41. The SMILES string of the molecule is C=C(O)C1CN(C(=O)C(C)C)CC1(C)C. The summed E-state index contributed by atoms with van der Waals surface area (Å²) in [7, 11) is 0. The van der Waals surface area contributed by atoms with Gasteiger partial charge in [-0.05, 0) is 5.41 Å². The summed E-state index contributed by atoms with van der Waals surface area (Å²) in [6.07, 6.45) is 0. The predicted molar refractivity (Wildman–Crippen MR) is 60.5 cm³/mol. The number of hydrogen-bond acceptors (Lipinski definition) is 2. The van der Waals surface area contributed by atoms with Crippen LogP contribution >= 0.6 is 0 Å². The van der Waals surface area contributed by atoms with Crippen molar-refractivity contribution in [3.8, 4) is 0 Å². The number of carbonyl (C=O) groups is 1. The molecule has 1 aliphatic rings. The van der Waals surface area contributed by atoms with E-state index in [0.29, 0.717) is 13.1 Å². The molecule has 0 aromatic heterocycles. The fraction of sp³-hybridized carbons (Fsp3) is 0.750. The van der Waals surface area contributed by atoms with Crippen molar-refractivity contribution in [2.75, 3.05) is 13.1 Å². The van der Waals surface area contributed by atoms with E-state index >= 15 is 0 Å². The molecule has 0 aromatic carbocycles. The zero-order chi connectivity index (χ0) is 11.8. The zero-order valence-corrected chi connectivity index (χ0v) is 10.1. The van der Waals surface area contributed by atoms with Crippen LogP contribution in [-0.4, -0.2) is 29.0 Å². The van der Waals surface area contributed by atoms with Crippen LogP contribution in [0.4, 0.5) is 0 Å². The third-order valence-corrected chi connectivity index (χ3v) is 3.15. The number of rotatable bonds is 2. The first-order valence-corrected chi connectivity index (χ1v) is 5.42. The molecule has 0 bridgehead atoms. The highest BCUT2D eigenvalue weighted by molar-refractivity contribution is 5.78. The number of hydrogen-bond donors (Lipinski definition) is 1. The van der Waals surface area contributed by atoms with Crippen molar-refractivity contribution >= 4 is 5.91 Å². The molecule has 1 saturated heterocycles. The second-order valence-corrected chi connectivity index (χ2v) is 5.41. The van der Waals surface area contributed by atoms with E-state index in [1.54, 1.807) is 0 Å². The highest BCUT2D eigenvalue weighted by atomic mass is 16.3. The summed E-state index contributed by atoms with van der Waals surface area (Å²) in [5, 5.41) is 9.49. The van der Waals surface area contributed by atoms with Crippen molar-refractivity contribution in [1.29, 1.82) is 0 Å². The van der Waals surface area contributed by atoms with Gasteiger partial charge in [0.15, 0.2) is 0 Å². The van der Waals surface area contributed by atoms with Crippen molar-refractivity contribution in [1.82, 2.24) is 4.90 Å². The zero-order valence-electron chi connectivity index (χ0n) is 10.1. The molecule has 1 unspecified atom stereocenters. The van der Waals surface area contributed by atoms with E-state index in [4.69, 9.17) is 0 Å². The van der Waals surface area contributed by atoms with Crippen LogP contribution in [0.15, 0.2) is 12.3 Å². The second kappa shape index (κ2) is 3.87. The fourth-order valence-electron chi connectivity index (χ4n) is 2.22. The van der Waals surface area contributed by atoms with Crippen molar-refractivity contribution in [3.63, 3.8) is 0 Å². The number of nitrogens with zero attached hydrogens (tertiary/aromatic N) is 1. The molecule has 0 spiro atoms. The fourth-order valence-corrected chi connectivity index (χ4v) is 2.22. The molecule has 0 aromatic rings. The molecular formula is C12H21NO2. The highest BCUT2D eigenvalue weighted by Crippen LogP contribution is 2.38. The average molecular weight is 211 g/mol. The lowest BCUT2D eigenvalue weighted by Crippen LogP contribution is -2.33. The van der Waals surface area contributed by atoms with E-state index < -0.39 is 0 Å². The Labute approximate surface area is 91.8 Å². The van der Waals surface area contributed by atoms with Crippen molar-refractivity contribution in [3.05, 3.63) is 12.3 Å². The molecule has 3 nitrogen and oxygen atoms in total. The van der Waals surface area contributed by atoms with Gasteiger partial charge in [-0.15, -0.1) is 0 Å². The summed E-state index contributed by atoms with van der Waals surface area (Å²) in [5.41, 5.74) is -0.0730. The van der Waals surface area contributed by atoms with E-state index in [1.165, 1.54) is 0 Å². The first-order valence-electron chi connectivity index (χ1n) is 5.42. The lowest BCUT2D eigenvalue weighted by molar-refractivity contribution is -0.133. The number of likely N-dealkylation sites (tertiary alicyclic amines) is 1. The molecule has 1 fully saturated rings. The summed E-state index contributed by atoms with van der Waals surface area (Å²) in [6, 6.07) is 0. The van der Waals surface area contributed by atoms with E-state index in [9.17, 15) is 9.90 Å². The van der Waals surface area contributed by atoms with Crippen LogP contribution in [0.1, 0.15) is 27.7 Å². The lowest BCUT2D eigenvalue weighted by Gasteiger charge is -2.24. The number of carbonyl (C=O) groups excluding carboxylic acids is 1. The molecule has 3 heteroatoms. The summed E-state index contributed by atoms with van der Waals surface area (Å²) in [6.45, 7) is 12.8. The van der Waals surface area contributed by atoms with Crippen molar-refractivity contribution in [2.24, 2.45) is 17.3 Å². The Kier molecular flexibility index (Phi) is 3.12. The minimum atomic E-state index is -0.0730. The van der Waals surface area contributed by atoms with Crippen molar-refractivity contribution in [2.45, 2.75) is 27.7 Å². The third kappa shape index (κ3) is 2.33.